The lowest BCUT2D eigenvalue weighted by atomic mass is 10.0. The number of aliphatic hydroxyl groups is 1. The second-order valence-corrected chi connectivity index (χ2v) is 4.56. The van der Waals surface area contributed by atoms with Crippen molar-refractivity contribution >= 4 is 0 Å². The standard InChI is InChI=1S/C14H23NO2/c1-2-4-13(15)6-3-5-11-7-8-14(17)12(9-11)10-16/h7-9,13,16-17H,2-6,10,15H2,1H3. The topological polar surface area (TPSA) is 66.5 Å². The van der Waals surface area contributed by atoms with Gasteiger partial charge >= 0.3 is 0 Å². The van der Waals surface area contributed by atoms with Crippen molar-refractivity contribution in [3.63, 3.8) is 0 Å². The van der Waals surface area contributed by atoms with E-state index in [0.29, 0.717) is 11.6 Å². The number of hydrogen-bond acceptors (Lipinski definition) is 3. The Morgan fingerprint density at radius 1 is 1.29 bits per heavy atom. The molecule has 0 radical (unpaired) electrons. The van der Waals surface area contributed by atoms with Gasteiger partial charge in [-0.2, -0.15) is 0 Å². The van der Waals surface area contributed by atoms with Gasteiger partial charge in [0.1, 0.15) is 5.75 Å². The van der Waals surface area contributed by atoms with Gasteiger partial charge in [-0.3, -0.25) is 0 Å². The fourth-order valence-electron chi connectivity index (χ4n) is 2.00. The van der Waals surface area contributed by atoms with E-state index in [1.807, 2.05) is 12.1 Å². The van der Waals surface area contributed by atoms with E-state index in [-0.39, 0.29) is 12.4 Å². The molecule has 0 bridgehead atoms. The van der Waals surface area contributed by atoms with Crippen molar-refractivity contribution < 1.29 is 10.2 Å². The van der Waals surface area contributed by atoms with Crippen LogP contribution in [-0.4, -0.2) is 16.3 Å². The number of aromatic hydroxyl groups is 1. The summed E-state index contributed by atoms with van der Waals surface area (Å²) in [6.07, 6.45) is 5.25. The van der Waals surface area contributed by atoms with E-state index in [0.717, 1.165) is 37.7 Å². The van der Waals surface area contributed by atoms with E-state index in [2.05, 4.69) is 6.92 Å². The molecule has 0 saturated carbocycles. The first-order valence-electron chi connectivity index (χ1n) is 6.34. The lowest BCUT2D eigenvalue weighted by Gasteiger charge is -2.10. The summed E-state index contributed by atoms with van der Waals surface area (Å²) in [5.74, 6) is 0.166. The first-order chi connectivity index (χ1) is 8.17. The molecule has 1 unspecified atom stereocenters. The Hall–Kier alpha value is -1.06. The molecule has 0 fully saturated rings. The average molecular weight is 237 g/mol. The number of aryl methyl sites for hydroxylation is 1. The highest BCUT2D eigenvalue weighted by Crippen LogP contribution is 2.19. The Balaban J connectivity index is 2.41. The molecule has 3 nitrogen and oxygen atoms in total. The highest BCUT2D eigenvalue weighted by Gasteiger charge is 2.04. The number of nitrogens with two attached hydrogens (primary N) is 1. The Kier molecular flexibility index (Phi) is 6.01. The van der Waals surface area contributed by atoms with Crippen LogP contribution in [0.5, 0.6) is 5.75 Å². The van der Waals surface area contributed by atoms with Crippen LogP contribution in [0, 0.1) is 0 Å². The summed E-state index contributed by atoms with van der Waals surface area (Å²) in [4.78, 5) is 0. The molecule has 0 aromatic heterocycles. The molecule has 0 saturated heterocycles. The Morgan fingerprint density at radius 2 is 2.06 bits per heavy atom. The van der Waals surface area contributed by atoms with Gasteiger partial charge in [0.25, 0.3) is 0 Å². The third-order valence-electron chi connectivity index (χ3n) is 3.01. The minimum Gasteiger partial charge on any atom is -0.508 e. The maximum absolute atomic E-state index is 9.44. The Morgan fingerprint density at radius 3 is 2.71 bits per heavy atom. The van der Waals surface area contributed by atoms with Gasteiger partial charge in [0, 0.05) is 11.6 Å². The van der Waals surface area contributed by atoms with E-state index in [4.69, 9.17) is 10.8 Å². The van der Waals surface area contributed by atoms with Crippen LogP contribution in [0.2, 0.25) is 0 Å². The summed E-state index contributed by atoms with van der Waals surface area (Å²) in [5.41, 5.74) is 7.69. The number of hydrogen-bond donors (Lipinski definition) is 3. The Bertz CT molecular complexity index is 339. The van der Waals surface area contributed by atoms with Crippen molar-refractivity contribution in [2.75, 3.05) is 0 Å². The molecule has 0 heterocycles. The molecule has 4 N–H and O–H groups in total. The van der Waals surface area contributed by atoms with Crippen LogP contribution in [0.4, 0.5) is 0 Å². The predicted octanol–water partition coefficient (Wildman–Crippen LogP) is 2.33. The van der Waals surface area contributed by atoms with E-state index in [1.54, 1.807) is 6.07 Å². The Labute approximate surface area is 103 Å². The molecule has 0 aliphatic heterocycles. The number of benzene rings is 1. The van der Waals surface area contributed by atoms with Crippen LogP contribution < -0.4 is 5.73 Å². The van der Waals surface area contributed by atoms with Crippen molar-refractivity contribution in [1.29, 1.82) is 0 Å². The van der Waals surface area contributed by atoms with Crippen molar-refractivity contribution in [3.8, 4) is 5.75 Å². The molecule has 1 aromatic rings. The van der Waals surface area contributed by atoms with Crippen LogP contribution in [0.1, 0.15) is 43.7 Å². The summed E-state index contributed by atoms with van der Waals surface area (Å²) < 4.78 is 0. The summed E-state index contributed by atoms with van der Waals surface area (Å²) >= 11 is 0. The summed E-state index contributed by atoms with van der Waals surface area (Å²) in [6, 6.07) is 5.71. The van der Waals surface area contributed by atoms with Crippen LogP contribution in [0.3, 0.4) is 0 Å². The zero-order valence-electron chi connectivity index (χ0n) is 10.5. The van der Waals surface area contributed by atoms with E-state index >= 15 is 0 Å². The van der Waals surface area contributed by atoms with Gasteiger partial charge in [-0.05, 0) is 43.4 Å². The zero-order chi connectivity index (χ0) is 12.7. The second kappa shape index (κ2) is 7.30. The fraction of sp³-hybridized carbons (Fsp3) is 0.571. The molecule has 0 aliphatic rings. The summed E-state index contributed by atoms with van der Waals surface area (Å²) in [6.45, 7) is 2.03. The van der Waals surface area contributed by atoms with Crippen LogP contribution in [-0.2, 0) is 13.0 Å². The molecule has 17 heavy (non-hydrogen) atoms. The monoisotopic (exact) mass is 237 g/mol. The molecule has 0 aliphatic carbocycles. The highest BCUT2D eigenvalue weighted by atomic mass is 16.3. The summed E-state index contributed by atoms with van der Waals surface area (Å²) in [7, 11) is 0. The van der Waals surface area contributed by atoms with E-state index in [1.165, 1.54) is 0 Å². The van der Waals surface area contributed by atoms with Crippen molar-refractivity contribution in [3.05, 3.63) is 29.3 Å². The van der Waals surface area contributed by atoms with Gasteiger partial charge < -0.3 is 15.9 Å². The first-order valence-corrected chi connectivity index (χ1v) is 6.34. The quantitative estimate of drug-likeness (QED) is 0.682. The third kappa shape index (κ3) is 4.75. The van der Waals surface area contributed by atoms with Crippen LogP contribution >= 0.6 is 0 Å². The van der Waals surface area contributed by atoms with Crippen LogP contribution in [0.15, 0.2) is 18.2 Å². The molecular formula is C14H23NO2. The predicted molar refractivity (Wildman–Crippen MR) is 69.9 cm³/mol. The molecule has 0 amide bonds. The largest absolute Gasteiger partial charge is 0.508 e. The molecule has 3 heteroatoms. The minimum atomic E-state index is -0.116. The van der Waals surface area contributed by atoms with Crippen molar-refractivity contribution in [2.45, 2.75) is 51.7 Å². The first kappa shape index (κ1) is 14.0. The SMILES string of the molecule is CCCC(N)CCCc1ccc(O)c(CO)c1. The minimum absolute atomic E-state index is 0.116. The average Bonchev–Trinajstić information content (AvgIpc) is 2.31. The van der Waals surface area contributed by atoms with Gasteiger partial charge in [-0.15, -0.1) is 0 Å². The molecule has 1 aromatic carbocycles. The van der Waals surface area contributed by atoms with E-state index < -0.39 is 0 Å². The smallest absolute Gasteiger partial charge is 0.121 e. The van der Waals surface area contributed by atoms with Crippen molar-refractivity contribution in [2.24, 2.45) is 5.73 Å². The lowest BCUT2D eigenvalue weighted by molar-refractivity contribution is 0.275. The van der Waals surface area contributed by atoms with Gasteiger partial charge in [0.05, 0.1) is 6.61 Å². The molecule has 1 rings (SSSR count). The van der Waals surface area contributed by atoms with Crippen molar-refractivity contribution in [1.82, 2.24) is 0 Å². The fourth-order valence-corrected chi connectivity index (χ4v) is 2.00. The molecule has 0 spiro atoms. The molecular weight excluding hydrogens is 214 g/mol. The number of phenols is 1. The molecule has 1 atom stereocenters. The zero-order valence-corrected chi connectivity index (χ0v) is 10.5. The second-order valence-electron chi connectivity index (χ2n) is 4.56. The summed E-state index contributed by atoms with van der Waals surface area (Å²) in [5, 5.41) is 18.5. The van der Waals surface area contributed by atoms with Crippen LogP contribution in [0.25, 0.3) is 0 Å². The maximum atomic E-state index is 9.44. The number of rotatable bonds is 7. The highest BCUT2D eigenvalue weighted by molar-refractivity contribution is 5.35. The van der Waals surface area contributed by atoms with Gasteiger partial charge in [0.15, 0.2) is 0 Å². The van der Waals surface area contributed by atoms with Gasteiger partial charge in [0.2, 0.25) is 0 Å². The molecule has 96 valence electrons. The van der Waals surface area contributed by atoms with Gasteiger partial charge in [-0.1, -0.05) is 19.4 Å². The maximum Gasteiger partial charge on any atom is 0.121 e. The van der Waals surface area contributed by atoms with Gasteiger partial charge in [-0.25, -0.2) is 0 Å². The lowest BCUT2D eigenvalue weighted by Crippen LogP contribution is -2.19. The third-order valence-corrected chi connectivity index (χ3v) is 3.01. The normalized spacial score (nSPS) is 12.6. The van der Waals surface area contributed by atoms with E-state index in [9.17, 15) is 5.11 Å². The number of aliphatic hydroxyl groups excluding tert-OH is 1.